The van der Waals surface area contributed by atoms with E-state index in [-0.39, 0.29) is 11.1 Å². The van der Waals surface area contributed by atoms with Gasteiger partial charge in [-0.2, -0.15) is 0 Å². The van der Waals surface area contributed by atoms with Crippen molar-refractivity contribution in [2.45, 2.75) is 26.3 Å². The Morgan fingerprint density at radius 2 is 2.20 bits per heavy atom. The Morgan fingerprint density at radius 3 is 2.85 bits per heavy atom. The number of unbranched alkanes of at least 4 members (excludes halogenated alkanes) is 1. The number of aryl methyl sites for hydroxylation is 1. The van der Waals surface area contributed by atoms with Gasteiger partial charge in [-0.1, -0.05) is 13.3 Å². The van der Waals surface area contributed by atoms with E-state index in [0.29, 0.717) is 12.1 Å². The van der Waals surface area contributed by atoms with Crippen LogP contribution in [0, 0.1) is 5.82 Å². The minimum absolute atomic E-state index is 0.111. The summed E-state index contributed by atoms with van der Waals surface area (Å²) in [5.41, 5.74) is -0.0720. The quantitative estimate of drug-likeness (QED) is 0.873. The van der Waals surface area contributed by atoms with Crippen LogP contribution < -0.4 is 10.2 Å². The van der Waals surface area contributed by atoms with Crippen LogP contribution in [0.2, 0.25) is 0 Å². The van der Waals surface area contributed by atoms with Gasteiger partial charge in [0.05, 0.1) is 17.1 Å². The molecule has 0 aliphatic heterocycles. The average molecular weight is 279 g/mol. The lowest BCUT2D eigenvalue weighted by molar-refractivity contribution is 0.143. The van der Waals surface area contributed by atoms with Gasteiger partial charge in [-0.25, -0.2) is 9.18 Å². The fraction of sp³-hybridized carbons (Fsp3) is 0.286. The van der Waals surface area contributed by atoms with Crippen molar-refractivity contribution in [3.63, 3.8) is 0 Å². The molecule has 1 aromatic heterocycles. The van der Waals surface area contributed by atoms with Gasteiger partial charge in [0.1, 0.15) is 5.82 Å². The third-order valence-corrected chi connectivity index (χ3v) is 2.96. The van der Waals surface area contributed by atoms with E-state index in [1.54, 1.807) is 4.57 Å². The molecular formula is C14H14FNO4. The van der Waals surface area contributed by atoms with Crippen molar-refractivity contribution in [1.29, 1.82) is 0 Å². The molecule has 0 saturated heterocycles. The van der Waals surface area contributed by atoms with Gasteiger partial charge >= 0.3 is 6.16 Å². The van der Waals surface area contributed by atoms with Crippen LogP contribution in [0.3, 0.4) is 0 Å². The number of aromatic nitrogens is 1. The molecule has 6 heteroatoms. The van der Waals surface area contributed by atoms with E-state index in [0.717, 1.165) is 18.9 Å². The Kier molecular flexibility index (Phi) is 4.02. The third kappa shape index (κ3) is 2.79. The second-order valence-electron chi connectivity index (χ2n) is 4.40. The molecule has 0 amide bonds. The fourth-order valence-corrected chi connectivity index (χ4v) is 2.02. The largest absolute Gasteiger partial charge is 0.511 e. The molecule has 5 nitrogen and oxygen atoms in total. The molecule has 2 rings (SSSR count). The minimum atomic E-state index is -1.57. The second kappa shape index (κ2) is 5.73. The van der Waals surface area contributed by atoms with E-state index in [4.69, 9.17) is 5.11 Å². The first-order valence-corrected chi connectivity index (χ1v) is 6.26. The average Bonchev–Trinajstić information content (AvgIpc) is 2.40. The topological polar surface area (TPSA) is 68.5 Å². The molecule has 0 spiro atoms. The maximum absolute atomic E-state index is 13.3. The van der Waals surface area contributed by atoms with Crippen molar-refractivity contribution >= 4 is 17.1 Å². The number of rotatable bonds is 4. The van der Waals surface area contributed by atoms with Crippen molar-refractivity contribution in [3.05, 3.63) is 40.4 Å². The number of hydrogen-bond acceptors (Lipinski definition) is 3. The lowest BCUT2D eigenvalue weighted by Gasteiger charge is -2.12. The van der Waals surface area contributed by atoms with E-state index in [2.05, 4.69) is 4.74 Å². The van der Waals surface area contributed by atoms with Gasteiger partial charge in [0, 0.05) is 6.54 Å². The summed E-state index contributed by atoms with van der Waals surface area (Å²) in [7, 11) is 0. The molecule has 1 N–H and O–H groups in total. The molecule has 106 valence electrons. The molecule has 0 unspecified atom stereocenters. The second-order valence-corrected chi connectivity index (χ2v) is 4.40. The number of carboxylic acid groups (broad SMARTS) is 1. The summed E-state index contributed by atoms with van der Waals surface area (Å²) in [5.74, 6) is -0.865. The van der Waals surface area contributed by atoms with Crippen LogP contribution in [0.25, 0.3) is 10.9 Å². The zero-order chi connectivity index (χ0) is 14.7. The normalized spacial score (nSPS) is 10.7. The molecule has 0 atom stereocenters. The smallest absolute Gasteiger partial charge is 0.449 e. The predicted molar refractivity (Wildman–Crippen MR) is 71.7 cm³/mol. The molecule has 0 aliphatic carbocycles. The van der Waals surface area contributed by atoms with Crippen LogP contribution in [0.5, 0.6) is 5.75 Å². The lowest BCUT2D eigenvalue weighted by Crippen LogP contribution is -2.16. The highest BCUT2D eigenvalue weighted by Gasteiger charge is 2.13. The van der Waals surface area contributed by atoms with Gasteiger partial charge in [-0.3, -0.25) is 4.79 Å². The molecule has 0 bridgehead atoms. The maximum Gasteiger partial charge on any atom is 0.511 e. The summed E-state index contributed by atoms with van der Waals surface area (Å²) in [4.78, 5) is 22.7. The van der Waals surface area contributed by atoms with Crippen LogP contribution in [-0.4, -0.2) is 15.8 Å². The predicted octanol–water partition coefficient (Wildman–Crippen LogP) is 3.00. The Morgan fingerprint density at radius 1 is 1.45 bits per heavy atom. The molecule has 2 aromatic rings. The maximum atomic E-state index is 13.3. The summed E-state index contributed by atoms with van der Waals surface area (Å²) in [6, 6.07) is 3.86. The van der Waals surface area contributed by atoms with Gasteiger partial charge in [0.25, 0.3) is 0 Å². The number of hydrogen-bond donors (Lipinski definition) is 1. The molecule has 0 saturated carbocycles. The van der Waals surface area contributed by atoms with Crippen molar-refractivity contribution in [1.82, 2.24) is 4.57 Å². The highest BCUT2D eigenvalue weighted by Crippen LogP contribution is 2.18. The Balaban J connectivity index is 2.66. The van der Waals surface area contributed by atoms with Crippen molar-refractivity contribution < 1.29 is 19.0 Å². The first kappa shape index (κ1) is 14.0. The van der Waals surface area contributed by atoms with E-state index in [9.17, 15) is 14.0 Å². The first-order chi connectivity index (χ1) is 9.52. The van der Waals surface area contributed by atoms with Crippen LogP contribution >= 0.6 is 0 Å². The van der Waals surface area contributed by atoms with Gasteiger partial charge in [-0.05, 0) is 24.6 Å². The standard InChI is InChI=1S/C14H14FNO4/c1-2-3-6-16-8-12(20-14(18)19)13(17)10-7-9(15)4-5-11(10)16/h4-5,7-8H,2-3,6H2,1H3,(H,18,19). The van der Waals surface area contributed by atoms with Crippen LogP contribution in [-0.2, 0) is 6.54 Å². The Labute approximate surface area is 114 Å². The summed E-state index contributed by atoms with van der Waals surface area (Å²) in [5, 5.41) is 8.75. The van der Waals surface area contributed by atoms with Crippen LogP contribution in [0.1, 0.15) is 19.8 Å². The first-order valence-electron chi connectivity index (χ1n) is 6.26. The summed E-state index contributed by atoms with van der Waals surface area (Å²) in [6.45, 7) is 2.61. The SMILES string of the molecule is CCCCn1cc(OC(=O)O)c(=O)c2cc(F)ccc21. The zero-order valence-electron chi connectivity index (χ0n) is 10.9. The zero-order valence-corrected chi connectivity index (χ0v) is 10.9. The van der Waals surface area contributed by atoms with Gasteiger partial charge in [0.2, 0.25) is 5.43 Å². The highest BCUT2D eigenvalue weighted by molar-refractivity contribution is 5.81. The highest BCUT2D eigenvalue weighted by atomic mass is 19.1. The number of pyridine rings is 1. The number of ether oxygens (including phenoxy) is 1. The Bertz CT molecular complexity index is 708. The molecule has 0 fully saturated rings. The van der Waals surface area contributed by atoms with Crippen molar-refractivity contribution in [2.24, 2.45) is 0 Å². The van der Waals surface area contributed by atoms with E-state index < -0.39 is 17.4 Å². The van der Waals surface area contributed by atoms with Crippen molar-refractivity contribution in [2.75, 3.05) is 0 Å². The molecule has 20 heavy (non-hydrogen) atoms. The van der Waals surface area contributed by atoms with Gasteiger partial charge < -0.3 is 14.4 Å². The monoisotopic (exact) mass is 279 g/mol. The lowest BCUT2D eigenvalue weighted by atomic mass is 10.2. The summed E-state index contributed by atoms with van der Waals surface area (Å²) >= 11 is 0. The van der Waals surface area contributed by atoms with Crippen LogP contribution in [0.15, 0.2) is 29.2 Å². The summed E-state index contributed by atoms with van der Waals surface area (Å²) < 4.78 is 19.5. The molecule has 1 heterocycles. The number of benzene rings is 1. The Hall–Kier alpha value is -2.37. The number of fused-ring (bicyclic) bond motifs is 1. The van der Waals surface area contributed by atoms with E-state index in [1.165, 1.54) is 18.3 Å². The third-order valence-electron chi connectivity index (χ3n) is 2.96. The number of nitrogens with zero attached hydrogens (tertiary/aromatic N) is 1. The summed E-state index contributed by atoms with van der Waals surface area (Å²) in [6.07, 6.45) is 1.57. The van der Waals surface area contributed by atoms with E-state index in [1.807, 2.05) is 6.92 Å². The molecule has 0 aliphatic rings. The fourth-order valence-electron chi connectivity index (χ4n) is 2.02. The minimum Gasteiger partial charge on any atom is -0.449 e. The number of halogens is 1. The van der Waals surface area contributed by atoms with Gasteiger partial charge in [0.15, 0.2) is 5.75 Å². The molecule has 0 radical (unpaired) electrons. The molecular weight excluding hydrogens is 265 g/mol. The van der Waals surface area contributed by atoms with Gasteiger partial charge in [-0.15, -0.1) is 0 Å². The number of carbonyl (C=O) groups is 1. The molecule has 1 aromatic carbocycles. The van der Waals surface area contributed by atoms with Crippen LogP contribution in [0.4, 0.5) is 9.18 Å². The van der Waals surface area contributed by atoms with E-state index >= 15 is 0 Å². The van der Waals surface area contributed by atoms with Crippen molar-refractivity contribution in [3.8, 4) is 5.75 Å².